The Kier molecular flexibility index (Phi) is 8.80. The fourth-order valence-electron chi connectivity index (χ4n) is 11.4. The summed E-state index contributed by atoms with van der Waals surface area (Å²) in [5.41, 5.74) is 20.6. The molecular formula is C58H67BN2O. The maximum Gasteiger partial charge on any atom is 0.297 e. The quantitative estimate of drug-likeness (QED) is 0.166. The molecule has 2 aliphatic carbocycles. The molecule has 6 aromatic rings. The first-order chi connectivity index (χ1) is 29.0. The Bertz CT molecular complexity index is 2750. The Morgan fingerprint density at radius 2 is 0.984 bits per heavy atom. The van der Waals surface area contributed by atoms with Gasteiger partial charge in [0, 0.05) is 39.4 Å². The molecule has 0 atom stereocenters. The summed E-state index contributed by atoms with van der Waals surface area (Å²) in [6, 6.07) is 40.1. The van der Waals surface area contributed by atoms with Crippen LogP contribution in [0, 0.1) is 0 Å². The average molecular weight is 819 g/mol. The van der Waals surface area contributed by atoms with Crippen LogP contribution in [0.4, 0.5) is 34.1 Å². The minimum absolute atomic E-state index is 0.0398. The first kappa shape index (κ1) is 41.1. The van der Waals surface area contributed by atoms with E-state index in [4.69, 9.17) is 4.42 Å². The number of rotatable bonds is 3. The van der Waals surface area contributed by atoms with Crippen molar-refractivity contribution < 1.29 is 4.42 Å². The van der Waals surface area contributed by atoms with Gasteiger partial charge in [-0.1, -0.05) is 158 Å². The average Bonchev–Trinajstić information content (AvgIpc) is 3.64. The highest BCUT2D eigenvalue weighted by molar-refractivity contribution is 6.99. The lowest BCUT2D eigenvalue weighted by Crippen LogP contribution is -2.61. The van der Waals surface area contributed by atoms with Crippen molar-refractivity contribution in [3.05, 3.63) is 137 Å². The molecule has 5 aromatic carbocycles. The minimum Gasteiger partial charge on any atom is -0.472 e. The van der Waals surface area contributed by atoms with Crippen LogP contribution in [0.1, 0.15) is 156 Å². The van der Waals surface area contributed by atoms with Gasteiger partial charge in [0.1, 0.15) is 5.76 Å². The molecule has 2 aliphatic heterocycles. The molecule has 4 heteroatoms. The van der Waals surface area contributed by atoms with Crippen molar-refractivity contribution in [2.45, 2.75) is 155 Å². The number of furan rings is 1. The molecule has 0 fully saturated rings. The van der Waals surface area contributed by atoms with Gasteiger partial charge in [-0.15, -0.1) is 0 Å². The van der Waals surface area contributed by atoms with Crippen LogP contribution in [0.15, 0.2) is 108 Å². The van der Waals surface area contributed by atoms with Crippen LogP contribution in [0.3, 0.4) is 0 Å². The van der Waals surface area contributed by atoms with Gasteiger partial charge in [0.2, 0.25) is 0 Å². The van der Waals surface area contributed by atoms with Crippen molar-refractivity contribution in [2.75, 3.05) is 9.80 Å². The lowest BCUT2D eigenvalue weighted by Gasteiger charge is -2.47. The second-order valence-corrected chi connectivity index (χ2v) is 24.0. The Balaban J connectivity index is 1.37. The number of fused-ring (bicyclic) bond motifs is 7. The predicted molar refractivity (Wildman–Crippen MR) is 266 cm³/mol. The Labute approximate surface area is 373 Å². The van der Waals surface area contributed by atoms with Crippen molar-refractivity contribution in [2.24, 2.45) is 0 Å². The van der Waals surface area contributed by atoms with Crippen LogP contribution in [0.2, 0.25) is 0 Å². The SMILES string of the molecule is CC(C)(C)c1ccc(N2c3cc4c(cc3B3c5oc6c(c5N(c5ccc(C(C)(C)C)cc5)c5cc(-c7ccccc7)cc2c53)C(C)(C)CCC6(C)C)C(C)(C)CCC4(C)C)cc1. The number of benzene rings is 5. The normalized spacial score (nSPS) is 19.0. The first-order valence-corrected chi connectivity index (χ1v) is 23.4. The zero-order valence-electron chi connectivity index (χ0n) is 40.0. The van der Waals surface area contributed by atoms with Crippen molar-refractivity contribution in [1.29, 1.82) is 0 Å². The van der Waals surface area contributed by atoms with Crippen LogP contribution >= 0.6 is 0 Å². The van der Waals surface area contributed by atoms with Gasteiger partial charge in [-0.05, 0) is 140 Å². The molecule has 318 valence electrons. The highest BCUT2D eigenvalue weighted by Crippen LogP contribution is 2.56. The molecule has 0 radical (unpaired) electrons. The van der Waals surface area contributed by atoms with E-state index in [2.05, 4.69) is 210 Å². The second-order valence-electron chi connectivity index (χ2n) is 24.0. The summed E-state index contributed by atoms with van der Waals surface area (Å²) < 4.78 is 7.70. The van der Waals surface area contributed by atoms with E-state index in [1.54, 1.807) is 0 Å². The van der Waals surface area contributed by atoms with Crippen LogP contribution in [0.25, 0.3) is 11.1 Å². The number of anilines is 6. The molecule has 10 rings (SSSR count). The summed E-state index contributed by atoms with van der Waals surface area (Å²) in [6.45, 7) is 33.4. The molecule has 0 bridgehead atoms. The van der Waals surface area contributed by atoms with E-state index >= 15 is 0 Å². The molecule has 0 amide bonds. The van der Waals surface area contributed by atoms with E-state index in [9.17, 15) is 0 Å². The van der Waals surface area contributed by atoms with Gasteiger partial charge in [0.15, 0.2) is 0 Å². The van der Waals surface area contributed by atoms with Crippen LogP contribution in [-0.2, 0) is 32.5 Å². The van der Waals surface area contributed by atoms with E-state index in [0.717, 1.165) is 37.1 Å². The molecule has 0 unspecified atom stereocenters. The highest BCUT2D eigenvalue weighted by Gasteiger charge is 2.53. The third-order valence-corrected chi connectivity index (χ3v) is 15.6. The first-order valence-electron chi connectivity index (χ1n) is 23.4. The molecule has 0 N–H and O–H groups in total. The summed E-state index contributed by atoms with van der Waals surface area (Å²) in [5, 5.41) is 0. The van der Waals surface area contributed by atoms with Gasteiger partial charge in [-0.2, -0.15) is 0 Å². The highest BCUT2D eigenvalue weighted by atomic mass is 16.3. The van der Waals surface area contributed by atoms with Gasteiger partial charge in [-0.25, -0.2) is 0 Å². The molecule has 0 spiro atoms. The minimum atomic E-state index is -0.103. The number of hydrogen-bond acceptors (Lipinski definition) is 3. The van der Waals surface area contributed by atoms with E-state index in [1.807, 2.05) is 0 Å². The molecule has 3 heterocycles. The second kappa shape index (κ2) is 13.3. The molecule has 62 heavy (non-hydrogen) atoms. The van der Waals surface area contributed by atoms with Crippen LogP contribution < -0.4 is 26.4 Å². The third kappa shape index (κ3) is 6.20. The summed E-state index contributed by atoms with van der Waals surface area (Å²) in [5.74, 6) is 1.16. The maximum absolute atomic E-state index is 7.70. The summed E-state index contributed by atoms with van der Waals surface area (Å²) >= 11 is 0. The van der Waals surface area contributed by atoms with E-state index in [1.165, 1.54) is 84.0 Å². The van der Waals surface area contributed by atoms with Gasteiger partial charge in [0.25, 0.3) is 6.71 Å². The zero-order valence-corrected chi connectivity index (χ0v) is 40.0. The van der Waals surface area contributed by atoms with E-state index in [0.29, 0.717) is 0 Å². The number of hydrogen-bond donors (Lipinski definition) is 0. The van der Waals surface area contributed by atoms with Crippen molar-refractivity contribution in [3.63, 3.8) is 0 Å². The fourth-order valence-corrected chi connectivity index (χ4v) is 11.4. The molecule has 0 saturated carbocycles. The fraction of sp³-hybridized carbons (Fsp3) is 0.414. The summed E-state index contributed by atoms with van der Waals surface area (Å²) in [4.78, 5) is 5.23. The van der Waals surface area contributed by atoms with Crippen molar-refractivity contribution in [1.82, 2.24) is 0 Å². The van der Waals surface area contributed by atoms with Crippen LogP contribution in [0.5, 0.6) is 0 Å². The van der Waals surface area contributed by atoms with Gasteiger partial charge in [-0.3, -0.25) is 0 Å². The molecule has 4 aliphatic rings. The van der Waals surface area contributed by atoms with Crippen molar-refractivity contribution in [3.8, 4) is 11.1 Å². The van der Waals surface area contributed by atoms with E-state index < -0.39 is 0 Å². The lowest BCUT2D eigenvalue weighted by molar-refractivity contribution is 0.282. The largest absolute Gasteiger partial charge is 0.472 e. The van der Waals surface area contributed by atoms with Gasteiger partial charge in [0.05, 0.1) is 11.3 Å². The van der Waals surface area contributed by atoms with Gasteiger partial charge < -0.3 is 14.2 Å². The monoisotopic (exact) mass is 819 g/mol. The third-order valence-electron chi connectivity index (χ3n) is 15.6. The topological polar surface area (TPSA) is 19.6 Å². The molecule has 0 saturated heterocycles. The Morgan fingerprint density at radius 3 is 1.53 bits per heavy atom. The molecular weight excluding hydrogens is 751 g/mol. The Hall–Kier alpha value is -4.96. The lowest BCUT2D eigenvalue weighted by atomic mass is 9.35. The summed E-state index contributed by atoms with van der Waals surface area (Å²) in [6.07, 6.45) is 4.52. The summed E-state index contributed by atoms with van der Waals surface area (Å²) in [7, 11) is 0. The maximum atomic E-state index is 7.70. The molecule has 3 nitrogen and oxygen atoms in total. The number of nitrogens with zero attached hydrogens (tertiary/aromatic N) is 2. The predicted octanol–water partition coefficient (Wildman–Crippen LogP) is 14.3. The van der Waals surface area contributed by atoms with Crippen LogP contribution in [-0.4, -0.2) is 6.71 Å². The Morgan fingerprint density at radius 1 is 0.500 bits per heavy atom. The smallest absolute Gasteiger partial charge is 0.297 e. The zero-order chi connectivity index (χ0) is 44.1. The van der Waals surface area contributed by atoms with Gasteiger partial charge >= 0.3 is 0 Å². The standard InChI is InChI=1S/C58H67BN2O/c1-53(2,3)38-20-24-40(25-21-38)60-45-35-43-42(55(7,8)28-29-56(43,9)10)34-44(45)59-49-46(60)32-37(36-18-16-15-17-19-36)33-47(49)61(41-26-22-39(23-27-41)54(4,5)6)50-48-51(62-52(50)59)58(13,14)31-30-57(48,11)12/h15-27,32-35H,28-31H2,1-14H3. The molecule has 1 aromatic heterocycles. The van der Waals surface area contributed by atoms with E-state index in [-0.39, 0.29) is 39.2 Å². The van der Waals surface area contributed by atoms with Crippen molar-refractivity contribution >= 4 is 57.4 Å².